The highest BCUT2D eigenvalue weighted by Gasteiger charge is 2.27. The normalized spacial score (nSPS) is 23.5. The van der Waals surface area contributed by atoms with Gasteiger partial charge in [-0.25, -0.2) is 0 Å². The molecule has 0 radical (unpaired) electrons. The third-order valence-electron chi connectivity index (χ3n) is 3.72. The van der Waals surface area contributed by atoms with Gasteiger partial charge >= 0.3 is 0 Å². The maximum Gasteiger partial charge on any atom is 0.0248 e. The van der Waals surface area contributed by atoms with E-state index in [-0.39, 0.29) is 0 Å². The van der Waals surface area contributed by atoms with Crippen LogP contribution in [0.3, 0.4) is 0 Å². The minimum absolute atomic E-state index is 0.718. The van der Waals surface area contributed by atoms with Crippen LogP contribution < -0.4 is 5.32 Å². The molecular formula is C16H25NS. The number of thioether (sulfide) groups is 1. The Morgan fingerprint density at radius 1 is 1.28 bits per heavy atom. The second kappa shape index (κ2) is 6.63. The number of hydrogen-bond donors (Lipinski definition) is 1. The summed E-state index contributed by atoms with van der Waals surface area (Å²) in [6.45, 7) is 7.81. The lowest BCUT2D eigenvalue weighted by Crippen LogP contribution is -2.34. The van der Waals surface area contributed by atoms with Gasteiger partial charge in [-0.2, -0.15) is 0 Å². The van der Waals surface area contributed by atoms with Crippen molar-refractivity contribution in [2.75, 3.05) is 6.54 Å². The Kier molecular flexibility index (Phi) is 5.13. The number of benzene rings is 1. The lowest BCUT2D eigenvalue weighted by Gasteiger charge is -2.21. The minimum Gasteiger partial charge on any atom is -0.313 e. The molecule has 1 fully saturated rings. The molecule has 1 nitrogen and oxygen atoms in total. The quantitative estimate of drug-likeness (QED) is 0.849. The van der Waals surface area contributed by atoms with Crippen molar-refractivity contribution in [3.05, 3.63) is 29.3 Å². The maximum atomic E-state index is 3.71. The molecule has 2 atom stereocenters. The summed E-state index contributed by atoms with van der Waals surface area (Å²) in [5.74, 6) is 0. The number of rotatable bonds is 5. The van der Waals surface area contributed by atoms with E-state index in [0.29, 0.717) is 0 Å². The monoisotopic (exact) mass is 263 g/mol. The molecule has 18 heavy (non-hydrogen) atoms. The van der Waals surface area contributed by atoms with Crippen molar-refractivity contribution in [1.29, 1.82) is 0 Å². The highest BCUT2D eigenvalue weighted by atomic mass is 32.2. The molecule has 1 aromatic carbocycles. The van der Waals surface area contributed by atoms with Gasteiger partial charge in [0.15, 0.2) is 0 Å². The molecule has 1 N–H and O–H groups in total. The fourth-order valence-electron chi connectivity index (χ4n) is 2.72. The van der Waals surface area contributed by atoms with Crippen LogP contribution in [0.1, 0.15) is 43.7 Å². The number of hydrogen-bond acceptors (Lipinski definition) is 2. The molecular weight excluding hydrogens is 238 g/mol. The molecule has 0 aliphatic heterocycles. The van der Waals surface area contributed by atoms with Gasteiger partial charge < -0.3 is 5.32 Å². The standard InChI is InChI=1S/C16H25NS/c1-4-10-17-14-6-5-7-16(14)18-15-9-8-12(2)11-13(15)3/h8-9,11,14,16-17H,4-7,10H2,1-3H3. The smallest absolute Gasteiger partial charge is 0.0248 e. The third-order valence-corrected chi connectivity index (χ3v) is 5.30. The predicted octanol–water partition coefficient (Wildman–Crippen LogP) is 4.32. The predicted molar refractivity (Wildman–Crippen MR) is 81.5 cm³/mol. The van der Waals surface area contributed by atoms with Crippen LogP contribution in [0.2, 0.25) is 0 Å². The summed E-state index contributed by atoms with van der Waals surface area (Å²) in [7, 11) is 0. The number of nitrogens with one attached hydrogen (secondary N) is 1. The van der Waals surface area contributed by atoms with E-state index in [2.05, 4.69) is 56.0 Å². The van der Waals surface area contributed by atoms with Crippen molar-refractivity contribution in [1.82, 2.24) is 5.32 Å². The van der Waals surface area contributed by atoms with Gasteiger partial charge in [0.05, 0.1) is 0 Å². The van der Waals surface area contributed by atoms with E-state index >= 15 is 0 Å². The molecule has 0 spiro atoms. The van der Waals surface area contributed by atoms with E-state index in [1.54, 1.807) is 0 Å². The van der Waals surface area contributed by atoms with Crippen molar-refractivity contribution in [3.8, 4) is 0 Å². The van der Waals surface area contributed by atoms with E-state index in [9.17, 15) is 0 Å². The lowest BCUT2D eigenvalue weighted by molar-refractivity contribution is 0.531. The van der Waals surface area contributed by atoms with E-state index in [1.165, 1.54) is 41.7 Å². The van der Waals surface area contributed by atoms with Crippen LogP contribution in [0.5, 0.6) is 0 Å². The van der Waals surface area contributed by atoms with Gasteiger partial charge in [-0.1, -0.05) is 31.0 Å². The van der Waals surface area contributed by atoms with Gasteiger partial charge in [0.2, 0.25) is 0 Å². The van der Waals surface area contributed by atoms with E-state index in [4.69, 9.17) is 0 Å². The first kappa shape index (κ1) is 14.0. The Labute approximate surface area is 116 Å². The van der Waals surface area contributed by atoms with Crippen LogP contribution in [-0.4, -0.2) is 17.8 Å². The summed E-state index contributed by atoms with van der Waals surface area (Å²) in [4.78, 5) is 1.47. The van der Waals surface area contributed by atoms with Gasteiger partial charge in [0.25, 0.3) is 0 Å². The Balaban J connectivity index is 1.99. The molecule has 1 saturated carbocycles. The molecule has 1 aliphatic rings. The highest BCUT2D eigenvalue weighted by molar-refractivity contribution is 8.00. The summed E-state index contributed by atoms with van der Waals surface area (Å²) in [5.41, 5.74) is 2.80. The first-order chi connectivity index (χ1) is 8.70. The second-order valence-electron chi connectivity index (χ2n) is 5.42. The van der Waals surface area contributed by atoms with Crippen LogP contribution in [0, 0.1) is 13.8 Å². The van der Waals surface area contributed by atoms with Gasteiger partial charge in [-0.15, -0.1) is 11.8 Å². The first-order valence-electron chi connectivity index (χ1n) is 7.18. The van der Waals surface area contributed by atoms with Gasteiger partial charge in [0.1, 0.15) is 0 Å². The van der Waals surface area contributed by atoms with Crippen LogP contribution in [0.25, 0.3) is 0 Å². The minimum atomic E-state index is 0.718. The Morgan fingerprint density at radius 2 is 2.11 bits per heavy atom. The molecule has 0 heterocycles. The molecule has 2 heteroatoms. The van der Waals surface area contributed by atoms with Crippen LogP contribution in [0.4, 0.5) is 0 Å². The van der Waals surface area contributed by atoms with Gasteiger partial charge in [0, 0.05) is 16.2 Å². The average Bonchev–Trinajstić information content (AvgIpc) is 2.77. The zero-order valence-corrected chi connectivity index (χ0v) is 12.6. The third kappa shape index (κ3) is 3.52. The molecule has 2 unspecified atom stereocenters. The van der Waals surface area contributed by atoms with Crippen molar-refractivity contribution in [3.63, 3.8) is 0 Å². The molecule has 1 aromatic rings. The zero-order chi connectivity index (χ0) is 13.0. The van der Waals surface area contributed by atoms with Crippen LogP contribution in [0.15, 0.2) is 23.1 Å². The fourth-order valence-corrected chi connectivity index (χ4v) is 4.12. The Morgan fingerprint density at radius 3 is 2.83 bits per heavy atom. The highest BCUT2D eigenvalue weighted by Crippen LogP contribution is 2.36. The summed E-state index contributed by atoms with van der Waals surface area (Å²) in [6.07, 6.45) is 5.32. The van der Waals surface area contributed by atoms with Gasteiger partial charge in [-0.3, -0.25) is 0 Å². The molecule has 100 valence electrons. The van der Waals surface area contributed by atoms with Crippen molar-refractivity contribution in [2.45, 2.75) is 62.6 Å². The molecule has 0 bridgehead atoms. The van der Waals surface area contributed by atoms with Gasteiger partial charge in [-0.05, 0) is 51.3 Å². The summed E-state index contributed by atoms with van der Waals surface area (Å²) in [6, 6.07) is 7.55. The van der Waals surface area contributed by atoms with E-state index in [0.717, 1.165) is 17.8 Å². The fraction of sp³-hybridized carbons (Fsp3) is 0.625. The second-order valence-corrected chi connectivity index (χ2v) is 6.70. The Bertz CT molecular complexity index is 389. The number of aryl methyl sites for hydroxylation is 2. The molecule has 1 aliphatic carbocycles. The maximum absolute atomic E-state index is 3.71. The van der Waals surface area contributed by atoms with Crippen molar-refractivity contribution in [2.24, 2.45) is 0 Å². The lowest BCUT2D eigenvalue weighted by atomic mass is 10.2. The van der Waals surface area contributed by atoms with E-state index in [1.807, 2.05) is 0 Å². The Hall–Kier alpha value is -0.470. The molecule has 2 rings (SSSR count). The summed E-state index contributed by atoms with van der Waals surface area (Å²) in [5, 5.41) is 4.47. The largest absolute Gasteiger partial charge is 0.313 e. The average molecular weight is 263 g/mol. The van der Waals surface area contributed by atoms with Crippen LogP contribution in [-0.2, 0) is 0 Å². The molecule has 0 aromatic heterocycles. The summed E-state index contributed by atoms with van der Waals surface area (Å²) < 4.78 is 0. The van der Waals surface area contributed by atoms with Crippen molar-refractivity contribution >= 4 is 11.8 Å². The summed E-state index contributed by atoms with van der Waals surface area (Å²) >= 11 is 2.08. The van der Waals surface area contributed by atoms with Crippen molar-refractivity contribution < 1.29 is 0 Å². The zero-order valence-electron chi connectivity index (χ0n) is 11.8. The van der Waals surface area contributed by atoms with E-state index < -0.39 is 0 Å². The molecule has 0 saturated heterocycles. The SMILES string of the molecule is CCCNC1CCCC1Sc1ccc(C)cc1C. The van der Waals surface area contributed by atoms with Crippen LogP contribution >= 0.6 is 11.8 Å². The molecule has 0 amide bonds. The topological polar surface area (TPSA) is 12.0 Å². The first-order valence-corrected chi connectivity index (χ1v) is 8.06.